The quantitative estimate of drug-likeness (QED) is 0.824. The fraction of sp³-hybridized carbons (Fsp3) is 0.154. The number of anilines is 1. The van der Waals surface area contributed by atoms with Crippen molar-refractivity contribution in [3.8, 4) is 11.3 Å². The molecule has 1 heterocycles. The molecule has 0 saturated carbocycles. The molecule has 2 aromatic rings. The monoisotopic (exact) mass is 214 g/mol. The lowest BCUT2D eigenvalue weighted by molar-refractivity contribution is 0.283. The zero-order valence-electron chi connectivity index (χ0n) is 9.14. The molecule has 0 atom stereocenters. The van der Waals surface area contributed by atoms with E-state index in [1.165, 1.54) is 0 Å². The number of pyridine rings is 1. The van der Waals surface area contributed by atoms with Crippen molar-refractivity contribution in [3.63, 3.8) is 0 Å². The minimum absolute atomic E-state index is 0.00290. The summed E-state index contributed by atoms with van der Waals surface area (Å²) in [5.74, 6) is 0. The van der Waals surface area contributed by atoms with E-state index in [0.29, 0.717) is 0 Å². The summed E-state index contributed by atoms with van der Waals surface area (Å²) in [6.45, 7) is 0.00290. The fourth-order valence-corrected chi connectivity index (χ4v) is 1.75. The Hall–Kier alpha value is -1.87. The molecule has 0 unspecified atom stereocenters. The SMILES string of the molecule is CNc1cccc(-c2ccccn2)c1CO. The van der Waals surface area contributed by atoms with Gasteiger partial charge in [0.2, 0.25) is 0 Å². The molecule has 0 aliphatic heterocycles. The Labute approximate surface area is 94.8 Å². The first-order chi connectivity index (χ1) is 7.86. The highest BCUT2D eigenvalue weighted by Gasteiger charge is 2.08. The molecule has 3 heteroatoms. The Morgan fingerprint density at radius 2 is 2.06 bits per heavy atom. The lowest BCUT2D eigenvalue weighted by Gasteiger charge is -2.11. The van der Waals surface area contributed by atoms with Gasteiger partial charge in [0, 0.05) is 30.1 Å². The molecule has 3 nitrogen and oxygen atoms in total. The number of benzene rings is 1. The Kier molecular flexibility index (Phi) is 3.17. The van der Waals surface area contributed by atoms with Crippen LogP contribution in [0.3, 0.4) is 0 Å². The van der Waals surface area contributed by atoms with Gasteiger partial charge < -0.3 is 10.4 Å². The third-order valence-electron chi connectivity index (χ3n) is 2.54. The first-order valence-corrected chi connectivity index (χ1v) is 5.18. The van der Waals surface area contributed by atoms with Crippen LogP contribution in [0.4, 0.5) is 5.69 Å². The summed E-state index contributed by atoms with van der Waals surface area (Å²) >= 11 is 0. The highest BCUT2D eigenvalue weighted by Crippen LogP contribution is 2.27. The molecule has 0 fully saturated rings. The molecule has 16 heavy (non-hydrogen) atoms. The number of nitrogens with zero attached hydrogens (tertiary/aromatic N) is 1. The molecular weight excluding hydrogens is 200 g/mol. The second-order valence-electron chi connectivity index (χ2n) is 3.45. The van der Waals surface area contributed by atoms with Crippen molar-refractivity contribution in [3.05, 3.63) is 48.2 Å². The molecule has 1 aromatic heterocycles. The van der Waals surface area contributed by atoms with Crippen LogP contribution >= 0.6 is 0 Å². The zero-order valence-corrected chi connectivity index (χ0v) is 9.14. The van der Waals surface area contributed by atoms with E-state index in [1.807, 2.05) is 43.4 Å². The van der Waals surface area contributed by atoms with Crippen molar-refractivity contribution < 1.29 is 5.11 Å². The topological polar surface area (TPSA) is 45.2 Å². The standard InChI is InChI=1S/C13H14N2O/c1-14-12-7-4-5-10(11(12)9-16)13-6-2-3-8-15-13/h2-8,14,16H,9H2,1H3. The van der Waals surface area contributed by atoms with Gasteiger partial charge in [-0.25, -0.2) is 0 Å². The van der Waals surface area contributed by atoms with Gasteiger partial charge in [-0.3, -0.25) is 4.98 Å². The number of aliphatic hydroxyl groups excluding tert-OH is 1. The number of hydrogen-bond donors (Lipinski definition) is 2. The van der Waals surface area contributed by atoms with E-state index in [9.17, 15) is 5.11 Å². The molecular formula is C13H14N2O. The van der Waals surface area contributed by atoms with Crippen LogP contribution in [0.25, 0.3) is 11.3 Å². The summed E-state index contributed by atoms with van der Waals surface area (Å²) < 4.78 is 0. The van der Waals surface area contributed by atoms with E-state index < -0.39 is 0 Å². The molecule has 0 amide bonds. The Balaban J connectivity index is 2.57. The van der Waals surface area contributed by atoms with Crippen LogP contribution in [0.5, 0.6) is 0 Å². The second-order valence-corrected chi connectivity index (χ2v) is 3.45. The lowest BCUT2D eigenvalue weighted by Crippen LogP contribution is -1.98. The van der Waals surface area contributed by atoms with Crippen LogP contribution in [0.1, 0.15) is 5.56 Å². The third-order valence-corrected chi connectivity index (χ3v) is 2.54. The molecule has 2 N–H and O–H groups in total. The summed E-state index contributed by atoms with van der Waals surface area (Å²) in [6, 6.07) is 11.6. The summed E-state index contributed by atoms with van der Waals surface area (Å²) in [4.78, 5) is 4.29. The Morgan fingerprint density at radius 3 is 2.69 bits per heavy atom. The lowest BCUT2D eigenvalue weighted by atomic mass is 10.0. The van der Waals surface area contributed by atoms with Crippen LogP contribution in [-0.2, 0) is 6.61 Å². The van der Waals surface area contributed by atoms with E-state index in [2.05, 4.69) is 10.3 Å². The zero-order chi connectivity index (χ0) is 11.4. The molecule has 82 valence electrons. The minimum Gasteiger partial charge on any atom is -0.392 e. The van der Waals surface area contributed by atoms with Gasteiger partial charge in [0.05, 0.1) is 12.3 Å². The molecule has 1 aromatic carbocycles. The van der Waals surface area contributed by atoms with Crippen molar-refractivity contribution in [1.29, 1.82) is 0 Å². The molecule has 0 aliphatic rings. The summed E-state index contributed by atoms with van der Waals surface area (Å²) in [7, 11) is 1.84. The van der Waals surface area contributed by atoms with Crippen molar-refractivity contribution in [2.45, 2.75) is 6.61 Å². The fourth-order valence-electron chi connectivity index (χ4n) is 1.75. The average molecular weight is 214 g/mol. The third kappa shape index (κ3) is 1.90. The second kappa shape index (κ2) is 4.77. The van der Waals surface area contributed by atoms with Crippen LogP contribution in [0.15, 0.2) is 42.6 Å². The van der Waals surface area contributed by atoms with E-state index in [1.54, 1.807) is 6.20 Å². The Bertz CT molecular complexity index is 469. The molecule has 0 aliphatic carbocycles. The van der Waals surface area contributed by atoms with Gasteiger partial charge in [-0.2, -0.15) is 0 Å². The van der Waals surface area contributed by atoms with Gasteiger partial charge in [0.25, 0.3) is 0 Å². The molecule has 0 radical (unpaired) electrons. The maximum absolute atomic E-state index is 9.42. The van der Waals surface area contributed by atoms with Gasteiger partial charge in [0.1, 0.15) is 0 Å². The molecule has 0 bridgehead atoms. The van der Waals surface area contributed by atoms with Crippen LogP contribution in [0.2, 0.25) is 0 Å². The predicted molar refractivity (Wildman–Crippen MR) is 65.1 cm³/mol. The first-order valence-electron chi connectivity index (χ1n) is 5.18. The normalized spacial score (nSPS) is 10.1. The Morgan fingerprint density at radius 1 is 1.19 bits per heavy atom. The predicted octanol–water partition coefficient (Wildman–Crippen LogP) is 2.28. The average Bonchev–Trinajstić information content (AvgIpc) is 2.38. The minimum atomic E-state index is 0.00290. The molecule has 2 rings (SSSR count). The van der Waals surface area contributed by atoms with E-state index in [0.717, 1.165) is 22.5 Å². The van der Waals surface area contributed by atoms with Crippen molar-refractivity contribution in [2.24, 2.45) is 0 Å². The largest absolute Gasteiger partial charge is 0.392 e. The van der Waals surface area contributed by atoms with Crippen molar-refractivity contribution in [2.75, 3.05) is 12.4 Å². The summed E-state index contributed by atoms with van der Waals surface area (Å²) in [5, 5.41) is 12.5. The summed E-state index contributed by atoms with van der Waals surface area (Å²) in [5.41, 5.74) is 3.66. The highest BCUT2D eigenvalue weighted by molar-refractivity contribution is 5.71. The van der Waals surface area contributed by atoms with Crippen molar-refractivity contribution >= 4 is 5.69 Å². The summed E-state index contributed by atoms with van der Waals surface area (Å²) in [6.07, 6.45) is 1.75. The van der Waals surface area contributed by atoms with E-state index in [-0.39, 0.29) is 6.61 Å². The van der Waals surface area contributed by atoms with Crippen molar-refractivity contribution in [1.82, 2.24) is 4.98 Å². The number of rotatable bonds is 3. The molecule has 0 saturated heterocycles. The smallest absolute Gasteiger partial charge is 0.0708 e. The van der Waals surface area contributed by atoms with Gasteiger partial charge >= 0.3 is 0 Å². The van der Waals surface area contributed by atoms with Gasteiger partial charge in [0.15, 0.2) is 0 Å². The maximum atomic E-state index is 9.42. The molecule has 0 spiro atoms. The number of nitrogens with one attached hydrogen (secondary N) is 1. The van der Waals surface area contributed by atoms with Crippen LogP contribution < -0.4 is 5.32 Å². The number of hydrogen-bond acceptors (Lipinski definition) is 3. The van der Waals surface area contributed by atoms with Gasteiger partial charge in [-0.15, -0.1) is 0 Å². The number of aromatic nitrogens is 1. The van der Waals surface area contributed by atoms with Gasteiger partial charge in [-0.05, 0) is 18.2 Å². The van der Waals surface area contributed by atoms with E-state index >= 15 is 0 Å². The van der Waals surface area contributed by atoms with Crippen LogP contribution in [-0.4, -0.2) is 17.1 Å². The van der Waals surface area contributed by atoms with Crippen LogP contribution in [0, 0.1) is 0 Å². The maximum Gasteiger partial charge on any atom is 0.0708 e. The van der Waals surface area contributed by atoms with E-state index in [4.69, 9.17) is 0 Å². The van der Waals surface area contributed by atoms with Gasteiger partial charge in [-0.1, -0.05) is 18.2 Å². The number of aliphatic hydroxyl groups is 1. The first kappa shape index (κ1) is 10.6. The highest BCUT2D eigenvalue weighted by atomic mass is 16.3.